The zero-order valence-electron chi connectivity index (χ0n) is 13.5. The number of anilines is 1. The smallest absolute Gasteiger partial charge is 0.242 e. The summed E-state index contributed by atoms with van der Waals surface area (Å²) in [6.45, 7) is 0. The van der Waals surface area contributed by atoms with E-state index in [1.807, 2.05) is 30.3 Å². The highest BCUT2D eigenvalue weighted by Crippen LogP contribution is 2.30. The van der Waals surface area contributed by atoms with E-state index >= 15 is 0 Å². The fourth-order valence-electron chi connectivity index (χ4n) is 2.32. The fraction of sp³-hybridized carbons (Fsp3) is 0.167. The second-order valence-corrected chi connectivity index (χ2v) is 6.66. The summed E-state index contributed by atoms with van der Waals surface area (Å²) in [5.41, 5.74) is 1.24. The number of nitrogens with zero attached hydrogens (tertiary/aromatic N) is 2. The number of rotatable bonds is 4. The van der Waals surface area contributed by atoms with Crippen LogP contribution >= 0.6 is 11.8 Å². The first-order valence-electron chi connectivity index (χ1n) is 7.66. The van der Waals surface area contributed by atoms with Gasteiger partial charge in [-0.25, -0.2) is 9.38 Å². The van der Waals surface area contributed by atoms with Gasteiger partial charge in [0, 0.05) is 19.2 Å². The molecule has 0 aliphatic carbocycles. The Balaban J connectivity index is 1.65. The van der Waals surface area contributed by atoms with Gasteiger partial charge < -0.3 is 5.32 Å². The highest BCUT2D eigenvalue weighted by Gasteiger charge is 2.36. The zero-order valence-corrected chi connectivity index (χ0v) is 14.3. The standard InChI is InChI=1S/C18H16FN3O2S/c1-22-17(24)15(25-18(22)21-13-5-3-2-4-6-13)11-16(23)20-14-9-7-12(19)8-10-14/h2-10,15H,11H2,1H3,(H,20,23)/t15-/m0/s1. The monoisotopic (exact) mass is 357 g/mol. The molecule has 1 saturated heterocycles. The molecule has 1 aliphatic rings. The van der Waals surface area contributed by atoms with Crippen LogP contribution in [0.3, 0.4) is 0 Å². The number of thioether (sulfide) groups is 1. The van der Waals surface area contributed by atoms with Gasteiger partial charge in [-0.05, 0) is 36.4 Å². The average Bonchev–Trinajstić information content (AvgIpc) is 2.86. The number of amidine groups is 1. The van der Waals surface area contributed by atoms with Crippen molar-refractivity contribution in [2.24, 2.45) is 4.99 Å². The van der Waals surface area contributed by atoms with Crippen LogP contribution in [0.2, 0.25) is 0 Å². The topological polar surface area (TPSA) is 61.8 Å². The van der Waals surface area contributed by atoms with E-state index in [0.29, 0.717) is 10.9 Å². The minimum Gasteiger partial charge on any atom is -0.326 e. The molecular weight excluding hydrogens is 341 g/mol. The van der Waals surface area contributed by atoms with Crippen LogP contribution in [0.1, 0.15) is 6.42 Å². The Morgan fingerprint density at radius 2 is 1.88 bits per heavy atom. The number of aliphatic imine (C=N–C) groups is 1. The molecule has 3 rings (SSSR count). The molecule has 1 fully saturated rings. The van der Waals surface area contributed by atoms with Gasteiger partial charge in [0.2, 0.25) is 11.8 Å². The van der Waals surface area contributed by atoms with Gasteiger partial charge in [-0.2, -0.15) is 0 Å². The van der Waals surface area contributed by atoms with Crippen molar-refractivity contribution in [3.63, 3.8) is 0 Å². The molecule has 2 amide bonds. The summed E-state index contributed by atoms with van der Waals surface area (Å²) < 4.78 is 12.9. The van der Waals surface area contributed by atoms with Crippen molar-refractivity contribution in [1.82, 2.24) is 4.90 Å². The lowest BCUT2D eigenvalue weighted by Crippen LogP contribution is -2.30. The number of hydrogen-bond acceptors (Lipinski definition) is 4. The Morgan fingerprint density at radius 1 is 1.20 bits per heavy atom. The van der Waals surface area contributed by atoms with Gasteiger partial charge >= 0.3 is 0 Å². The summed E-state index contributed by atoms with van der Waals surface area (Å²) in [4.78, 5) is 30.4. The van der Waals surface area contributed by atoms with Gasteiger partial charge in [0.15, 0.2) is 5.17 Å². The maximum absolute atomic E-state index is 12.9. The maximum Gasteiger partial charge on any atom is 0.242 e. The van der Waals surface area contributed by atoms with Crippen molar-refractivity contribution in [2.45, 2.75) is 11.7 Å². The molecule has 2 aromatic rings. The third-order valence-electron chi connectivity index (χ3n) is 3.62. The summed E-state index contributed by atoms with van der Waals surface area (Å²) in [6.07, 6.45) is 0.0268. The van der Waals surface area contributed by atoms with E-state index in [-0.39, 0.29) is 24.1 Å². The minimum absolute atomic E-state index is 0.0268. The van der Waals surface area contributed by atoms with Crippen molar-refractivity contribution in [3.05, 3.63) is 60.4 Å². The van der Waals surface area contributed by atoms with E-state index < -0.39 is 5.25 Å². The molecule has 1 atom stereocenters. The molecule has 5 nitrogen and oxygen atoms in total. The predicted molar refractivity (Wildman–Crippen MR) is 97.3 cm³/mol. The first-order valence-corrected chi connectivity index (χ1v) is 8.54. The van der Waals surface area contributed by atoms with E-state index in [0.717, 1.165) is 5.69 Å². The highest BCUT2D eigenvalue weighted by atomic mass is 32.2. The molecule has 0 radical (unpaired) electrons. The van der Waals surface area contributed by atoms with Crippen LogP contribution in [0, 0.1) is 5.82 Å². The van der Waals surface area contributed by atoms with E-state index in [1.54, 1.807) is 7.05 Å². The molecule has 128 valence electrons. The second-order valence-electron chi connectivity index (χ2n) is 5.49. The van der Waals surface area contributed by atoms with Crippen LogP contribution in [-0.4, -0.2) is 34.2 Å². The Labute approximate surface area is 148 Å². The van der Waals surface area contributed by atoms with Crippen LogP contribution in [0.15, 0.2) is 59.6 Å². The number of hydrogen-bond donors (Lipinski definition) is 1. The zero-order chi connectivity index (χ0) is 17.8. The number of amides is 2. The Bertz CT molecular complexity index is 809. The van der Waals surface area contributed by atoms with Gasteiger partial charge in [0.05, 0.1) is 5.69 Å². The van der Waals surface area contributed by atoms with Crippen LogP contribution in [0.25, 0.3) is 0 Å². The Hall–Kier alpha value is -2.67. The van der Waals surface area contributed by atoms with E-state index in [9.17, 15) is 14.0 Å². The summed E-state index contributed by atoms with van der Waals surface area (Å²) >= 11 is 1.27. The summed E-state index contributed by atoms with van der Waals surface area (Å²) in [5.74, 6) is -0.830. The normalized spacial score (nSPS) is 18.6. The van der Waals surface area contributed by atoms with E-state index in [4.69, 9.17) is 0 Å². The van der Waals surface area contributed by atoms with Gasteiger partial charge in [-0.15, -0.1) is 0 Å². The number of para-hydroxylation sites is 1. The van der Waals surface area contributed by atoms with Crippen molar-refractivity contribution in [3.8, 4) is 0 Å². The Morgan fingerprint density at radius 3 is 2.56 bits per heavy atom. The van der Waals surface area contributed by atoms with Crippen LogP contribution < -0.4 is 5.32 Å². The number of nitrogens with one attached hydrogen (secondary N) is 1. The largest absolute Gasteiger partial charge is 0.326 e. The van der Waals surface area contributed by atoms with E-state index in [1.165, 1.54) is 40.9 Å². The van der Waals surface area contributed by atoms with Gasteiger partial charge in [0.1, 0.15) is 11.1 Å². The average molecular weight is 357 g/mol. The van der Waals surface area contributed by atoms with Crippen molar-refractivity contribution in [1.29, 1.82) is 0 Å². The molecule has 0 unspecified atom stereocenters. The highest BCUT2D eigenvalue weighted by molar-refractivity contribution is 8.15. The number of benzene rings is 2. The number of carbonyl (C=O) groups excluding carboxylic acids is 2. The van der Waals surface area contributed by atoms with Crippen LogP contribution in [0.5, 0.6) is 0 Å². The molecule has 0 saturated carbocycles. The van der Waals surface area contributed by atoms with Crippen molar-refractivity contribution in [2.75, 3.05) is 12.4 Å². The van der Waals surface area contributed by atoms with Gasteiger partial charge in [-0.1, -0.05) is 30.0 Å². The predicted octanol–water partition coefficient (Wildman–Crippen LogP) is 3.42. The SMILES string of the molecule is CN1C(=O)[C@H](CC(=O)Nc2ccc(F)cc2)SC1=Nc1ccccc1. The molecule has 0 bridgehead atoms. The van der Waals surface area contributed by atoms with Crippen LogP contribution in [0.4, 0.5) is 15.8 Å². The molecule has 25 heavy (non-hydrogen) atoms. The van der Waals surface area contributed by atoms with Crippen molar-refractivity contribution >= 4 is 40.1 Å². The third kappa shape index (κ3) is 4.24. The van der Waals surface area contributed by atoms with Crippen LogP contribution in [-0.2, 0) is 9.59 Å². The first-order chi connectivity index (χ1) is 12.0. The minimum atomic E-state index is -0.520. The molecule has 2 aromatic carbocycles. The summed E-state index contributed by atoms with van der Waals surface area (Å²) in [7, 11) is 1.65. The third-order valence-corrected chi connectivity index (χ3v) is 4.85. The fourth-order valence-corrected chi connectivity index (χ4v) is 3.48. The lowest BCUT2D eigenvalue weighted by atomic mass is 10.2. The van der Waals surface area contributed by atoms with E-state index in [2.05, 4.69) is 10.3 Å². The molecule has 1 N–H and O–H groups in total. The summed E-state index contributed by atoms with van der Waals surface area (Å²) in [6, 6.07) is 14.8. The number of carbonyl (C=O) groups is 2. The lowest BCUT2D eigenvalue weighted by Gasteiger charge is -2.09. The number of halogens is 1. The van der Waals surface area contributed by atoms with Gasteiger partial charge in [-0.3, -0.25) is 14.5 Å². The maximum atomic E-state index is 12.9. The molecular formula is C18H16FN3O2S. The first kappa shape index (κ1) is 17.2. The lowest BCUT2D eigenvalue weighted by molar-refractivity contribution is -0.127. The molecule has 0 spiro atoms. The molecule has 1 aliphatic heterocycles. The van der Waals surface area contributed by atoms with Crippen molar-refractivity contribution < 1.29 is 14.0 Å². The molecule has 1 heterocycles. The van der Waals surface area contributed by atoms with Gasteiger partial charge in [0.25, 0.3) is 0 Å². The Kier molecular flexibility index (Phi) is 5.14. The summed E-state index contributed by atoms with van der Waals surface area (Å²) in [5, 5.41) is 2.71. The second kappa shape index (κ2) is 7.48. The molecule has 7 heteroatoms. The quantitative estimate of drug-likeness (QED) is 0.912. The molecule has 0 aromatic heterocycles.